The van der Waals surface area contributed by atoms with E-state index in [0.29, 0.717) is 6.42 Å². The summed E-state index contributed by atoms with van der Waals surface area (Å²) in [5, 5.41) is 3.42. The summed E-state index contributed by atoms with van der Waals surface area (Å²) in [4.78, 5) is 0. The zero-order valence-electron chi connectivity index (χ0n) is 11.8. The lowest BCUT2D eigenvalue weighted by Gasteiger charge is -2.33. The summed E-state index contributed by atoms with van der Waals surface area (Å²) in [6.45, 7) is 2.06. The van der Waals surface area contributed by atoms with Crippen LogP contribution in [0.2, 0.25) is 0 Å². The number of alkyl halides is 3. The fraction of sp³-hybridized carbons (Fsp3) is 0.625. The highest BCUT2D eigenvalue weighted by atomic mass is 19.4. The number of nitrogens with one attached hydrogen (secondary N) is 1. The second kappa shape index (κ2) is 6.61. The lowest BCUT2D eigenvalue weighted by molar-refractivity contribution is -0.183. The van der Waals surface area contributed by atoms with E-state index in [1.54, 1.807) is 0 Å². The molecule has 0 saturated heterocycles. The van der Waals surface area contributed by atoms with Crippen molar-refractivity contribution in [2.24, 2.45) is 5.92 Å². The van der Waals surface area contributed by atoms with Crippen LogP contribution >= 0.6 is 0 Å². The summed E-state index contributed by atoms with van der Waals surface area (Å²) in [5.41, 5.74) is 1.16. The fourth-order valence-electron chi connectivity index (χ4n) is 3.06. The molecular formula is C16H22F3N. The molecule has 3 atom stereocenters. The molecule has 1 N–H and O–H groups in total. The highest BCUT2D eigenvalue weighted by Gasteiger charge is 2.42. The van der Waals surface area contributed by atoms with Gasteiger partial charge in [0.05, 0.1) is 5.92 Å². The van der Waals surface area contributed by atoms with E-state index in [2.05, 4.69) is 12.2 Å². The summed E-state index contributed by atoms with van der Waals surface area (Å²) in [5.74, 6) is -1.14. The first kappa shape index (κ1) is 15.4. The second-order valence-corrected chi connectivity index (χ2v) is 5.64. The van der Waals surface area contributed by atoms with Crippen LogP contribution in [0.4, 0.5) is 13.2 Å². The van der Waals surface area contributed by atoms with Crippen LogP contribution in [0.15, 0.2) is 30.3 Å². The summed E-state index contributed by atoms with van der Waals surface area (Å²) in [6, 6.07) is 10.1. The van der Waals surface area contributed by atoms with Crippen molar-refractivity contribution in [1.29, 1.82) is 0 Å². The van der Waals surface area contributed by atoms with Gasteiger partial charge >= 0.3 is 6.18 Å². The van der Waals surface area contributed by atoms with Gasteiger partial charge in [0, 0.05) is 12.1 Å². The molecule has 1 nitrogen and oxygen atoms in total. The van der Waals surface area contributed by atoms with Crippen LogP contribution in [0, 0.1) is 5.92 Å². The highest BCUT2D eigenvalue weighted by molar-refractivity contribution is 5.18. The third kappa shape index (κ3) is 3.98. The molecule has 1 fully saturated rings. The first-order chi connectivity index (χ1) is 9.50. The van der Waals surface area contributed by atoms with E-state index in [0.717, 1.165) is 18.4 Å². The normalized spacial score (nSPS) is 25.4. The van der Waals surface area contributed by atoms with Gasteiger partial charge < -0.3 is 5.32 Å². The van der Waals surface area contributed by atoms with Crippen molar-refractivity contribution < 1.29 is 13.2 Å². The lowest BCUT2D eigenvalue weighted by Crippen LogP contribution is -2.40. The summed E-state index contributed by atoms with van der Waals surface area (Å²) in [7, 11) is 0. The van der Waals surface area contributed by atoms with Crippen molar-refractivity contribution in [1.82, 2.24) is 5.32 Å². The molecule has 0 aliphatic heterocycles. The van der Waals surface area contributed by atoms with Crippen LogP contribution in [0.3, 0.4) is 0 Å². The van der Waals surface area contributed by atoms with Gasteiger partial charge in [0.25, 0.3) is 0 Å². The van der Waals surface area contributed by atoms with E-state index < -0.39 is 12.1 Å². The Kier molecular flexibility index (Phi) is 5.08. The Bertz CT molecular complexity index is 402. The molecule has 2 rings (SSSR count). The van der Waals surface area contributed by atoms with Crippen LogP contribution in [-0.4, -0.2) is 12.2 Å². The zero-order chi connectivity index (χ0) is 14.6. The minimum absolute atomic E-state index is 0.0273. The number of halogens is 3. The predicted molar refractivity (Wildman–Crippen MR) is 74.4 cm³/mol. The minimum Gasteiger partial charge on any atom is -0.307 e. The molecule has 0 amide bonds. The van der Waals surface area contributed by atoms with Gasteiger partial charge in [-0.2, -0.15) is 13.2 Å². The largest absolute Gasteiger partial charge is 0.391 e. The minimum atomic E-state index is -4.05. The zero-order valence-corrected chi connectivity index (χ0v) is 11.8. The van der Waals surface area contributed by atoms with E-state index in [1.165, 1.54) is 0 Å². The molecule has 0 aromatic heterocycles. The Morgan fingerprint density at radius 2 is 1.90 bits per heavy atom. The second-order valence-electron chi connectivity index (χ2n) is 5.64. The molecule has 0 heterocycles. The molecule has 1 aliphatic carbocycles. The third-order valence-electron chi connectivity index (χ3n) is 4.18. The SMILES string of the molecule is CCC(NC1CCCC(C(F)(F)F)C1)c1ccccc1. The van der Waals surface area contributed by atoms with E-state index in [-0.39, 0.29) is 24.9 Å². The highest BCUT2D eigenvalue weighted by Crippen LogP contribution is 2.38. The van der Waals surface area contributed by atoms with Crippen LogP contribution in [0.1, 0.15) is 50.6 Å². The standard InChI is InChI=1S/C16H22F3N/c1-2-15(12-7-4-3-5-8-12)20-14-10-6-9-13(11-14)16(17,18)19/h3-5,7-8,13-15,20H,2,6,9-11H2,1H3. The Morgan fingerprint density at radius 1 is 1.20 bits per heavy atom. The smallest absolute Gasteiger partial charge is 0.307 e. The summed E-state index contributed by atoms with van der Waals surface area (Å²) >= 11 is 0. The average Bonchev–Trinajstić information content (AvgIpc) is 2.45. The van der Waals surface area contributed by atoms with Crippen LogP contribution in [0.25, 0.3) is 0 Å². The van der Waals surface area contributed by atoms with Gasteiger partial charge in [0.1, 0.15) is 0 Å². The van der Waals surface area contributed by atoms with Crippen molar-refractivity contribution >= 4 is 0 Å². The van der Waals surface area contributed by atoms with Crippen LogP contribution in [0.5, 0.6) is 0 Å². The van der Waals surface area contributed by atoms with Gasteiger partial charge in [-0.1, -0.05) is 43.7 Å². The molecule has 1 aromatic carbocycles. The first-order valence-electron chi connectivity index (χ1n) is 7.38. The van der Waals surface area contributed by atoms with Crippen molar-refractivity contribution in [3.8, 4) is 0 Å². The Balaban J connectivity index is 1.98. The maximum absolute atomic E-state index is 12.8. The summed E-state index contributed by atoms with van der Waals surface area (Å²) < 4.78 is 38.5. The maximum atomic E-state index is 12.8. The molecule has 1 aliphatic rings. The monoisotopic (exact) mass is 285 g/mol. The van der Waals surface area contributed by atoms with Crippen molar-refractivity contribution in [2.75, 3.05) is 0 Å². The Hall–Kier alpha value is -1.03. The molecule has 1 saturated carbocycles. The molecule has 4 heteroatoms. The lowest BCUT2D eigenvalue weighted by atomic mass is 9.84. The number of hydrogen-bond donors (Lipinski definition) is 1. The molecule has 0 bridgehead atoms. The maximum Gasteiger partial charge on any atom is 0.391 e. The van der Waals surface area contributed by atoms with Gasteiger partial charge in [-0.3, -0.25) is 0 Å². The molecule has 20 heavy (non-hydrogen) atoms. The number of rotatable bonds is 4. The van der Waals surface area contributed by atoms with E-state index >= 15 is 0 Å². The van der Waals surface area contributed by atoms with Gasteiger partial charge in [-0.25, -0.2) is 0 Å². The number of hydrogen-bond acceptors (Lipinski definition) is 1. The third-order valence-corrected chi connectivity index (χ3v) is 4.18. The first-order valence-corrected chi connectivity index (χ1v) is 7.38. The Morgan fingerprint density at radius 3 is 2.50 bits per heavy atom. The van der Waals surface area contributed by atoms with Crippen LogP contribution in [-0.2, 0) is 0 Å². The van der Waals surface area contributed by atoms with E-state index in [9.17, 15) is 13.2 Å². The average molecular weight is 285 g/mol. The van der Waals surface area contributed by atoms with Gasteiger partial charge in [-0.05, 0) is 31.2 Å². The molecule has 0 spiro atoms. The van der Waals surface area contributed by atoms with Gasteiger partial charge in [-0.15, -0.1) is 0 Å². The summed E-state index contributed by atoms with van der Waals surface area (Å²) in [6.07, 6.45) is -1.16. The molecule has 3 unspecified atom stereocenters. The molecular weight excluding hydrogens is 263 g/mol. The van der Waals surface area contributed by atoms with Crippen molar-refractivity contribution in [3.05, 3.63) is 35.9 Å². The van der Waals surface area contributed by atoms with E-state index in [4.69, 9.17) is 0 Å². The molecule has 1 aromatic rings. The van der Waals surface area contributed by atoms with Crippen LogP contribution < -0.4 is 5.32 Å². The van der Waals surface area contributed by atoms with Crippen molar-refractivity contribution in [3.63, 3.8) is 0 Å². The predicted octanol–water partition coefficient (Wildman–Crippen LogP) is 4.85. The van der Waals surface area contributed by atoms with E-state index in [1.807, 2.05) is 30.3 Å². The topological polar surface area (TPSA) is 12.0 Å². The van der Waals surface area contributed by atoms with Gasteiger partial charge in [0.15, 0.2) is 0 Å². The Labute approximate surface area is 118 Å². The molecule has 0 radical (unpaired) electrons. The van der Waals surface area contributed by atoms with Crippen molar-refractivity contribution in [2.45, 2.75) is 57.3 Å². The van der Waals surface area contributed by atoms with Gasteiger partial charge in [0.2, 0.25) is 0 Å². The fourth-order valence-corrected chi connectivity index (χ4v) is 3.06. The molecule has 112 valence electrons. The quantitative estimate of drug-likeness (QED) is 0.834. The number of benzene rings is 1.